The van der Waals surface area contributed by atoms with Crippen LogP contribution in [-0.2, 0) is 4.79 Å². The van der Waals surface area contributed by atoms with E-state index in [4.69, 9.17) is 10.5 Å². The van der Waals surface area contributed by atoms with Gasteiger partial charge in [0.15, 0.2) is 0 Å². The Labute approximate surface area is 275 Å². The SMILES string of the molecule is CCN(CC)c1ccc2nc3ccc(N=Nc4ccc(N(C)CCCC(=O)NCCCN=[N+]=[N-])cc4)cc3[n+](-c3ccccc3)c2c1. The molecule has 11 heteroatoms. The summed E-state index contributed by atoms with van der Waals surface area (Å²) in [7, 11) is 2.01. The highest BCUT2D eigenvalue weighted by Gasteiger charge is 2.21. The number of nitrogens with zero attached hydrogens (tertiary/aromatic N) is 9. The number of amides is 1. The zero-order chi connectivity index (χ0) is 33.0. The quantitative estimate of drug-likeness (QED) is 0.0315. The van der Waals surface area contributed by atoms with Crippen LogP contribution < -0.4 is 19.7 Å². The maximum atomic E-state index is 12.0. The number of carbonyl (C=O) groups excluding carboxylic acids is 1. The van der Waals surface area contributed by atoms with Crippen LogP contribution in [0.15, 0.2) is 106 Å². The molecule has 0 aliphatic carbocycles. The third-order valence-electron chi connectivity index (χ3n) is 8.07. The lowest BCUT2D eigenvalue weighted by atomic mass is 10.1. The Balaban J connectivity index is 1.31. The Morgan fingerprint density at radius 1 is 0.851 bits per heavy atom. The van der Waals surface area contributed by atoms with Gasteiger partial charge < -0.3 is 15.1 Å². The van der Waals surface area contributed by atoms with Crippen molar-refractivity contribution >= 4 is 50.7 Å². The highest BCUT2D eigenvalue weighted by Crippen LogP contribution is 2.27. The molecular formula is C36H41N10O+. The molecule has 0 atom stereocenters. The second-order valence-electron chi connectivity index (χ2n) is 11.2. The third kappa shape index (κ3) is 8.39. The zero-order valence-electron chi connectivity index (χ0n) is 27.3. The largest absolute Gasteiger partial charge is 0.375 e. The van der Waals surface area contributed by atoms with Crippen LogP contribution in [-0.4, -0.2) is 50.7 Å². The highest BCUT2D eigenvalue weighted by molar-refractivity contribution is 5.85. The Bertz CT molecular complexity index is 1880. The molecule has 0 spiro atoms. The van der Waals surface area contributed by atoms with Crippen molar-refractivity contribution in [3.05, 3.63) is 101 Å². The lowest BCUT2D eigenvalue weighted by Gasteiger charge is -2.20. The van der Waals surface area contributed by atoms with Crippen molar-refractivity contribution in [1.29, 1.82) is 0 Å². The van der Waals surface area contributed by atoms with E-state index in [1.54, 1.807) is 0 Å². The first kappa shape index (κ1) is 32.8. The van der Waals surface area contributed by atoms with E-state index in [-0.39, 0.29) is 5.91 Å². The van der Waals surface area contributed by atoms with Gasteiger partial charge in [-0.15, -0.1) is 4.57 Å². The van der Waals surface area contributed by atoms with Crippen LogP contribution in [0.3, 0.4) is 0 Å². The van der Waals surface area contributed by atoms with E-state index < -0.39 is 0 Å². The summed E-state index contributed by atoms with van der Waals surface area (Å²) in [6, 6.07) is 30.7. The number of fused-ring (bicyclic) bond motifs is 2. The van der Waals surface area contributed by atoms with Gasteiger partial charge in [0, 0.05) is 86.7 Å². The number of para-hydroxylation sites is 1. The highest BCUT2D eigenvalue weighted by atomic mass is 16.1. The van der Waals surface area contributed by atoms with E-state index in [1.165, 1.54) is 5.69 Å². The molecule has 0 radical (unpaired) electrons. The van der Waals surface area contributed by atoms with Gasteiger partial charge in [-0.05, 0) is 80.8 Å². The van der Waals surface area contributed by atoms with Crippen LogP contribution >= 0.6 is 0 Å². The van der Waals surface area contributed by atoms with E-state index in [2.05, 4.69) is 96.3 Å². The average molecular weight is 630 g/mol. The summed E-state index contributed by atoms with van der Waals surface area (Å²) >= 11 is 0. The van der Waals surface area contributed by atoms with E-state index >= 15 is 0 Å². The fraction of sp³-hybridized carbons (Fsp3) is 0.306. The molecule has 1 aromatic heterocycles. The molecule has 0 fully saturated rings. The van der Waals surface area contributed by atoms with Crippen molar-refractivity contribution < 1.29 is 9.36 Å². The second kappa shape index (κ2) is 16.1. The van der Waals surface area contributed by atoms with Gasteiger partial charge >= 0.3 is 0 Å². The van der Waals surface area contributed by atoms with Crippen molar-refractivity contribution in [2.24, 2.45) is 15.3 Å². The maximum Gasteiger partial charge on any atom is 0.239 e. The molecule has 240 valence electrons. The molecule has 0 saturated heterocycles. The Morgan fingerprint density at radius 3 is 2.23 bits per heavy atom. The predicted octanol–water partition coefficient (Wildman–Crippen LogP) is 7.96. The van der Waals surface area contributed by atoms with Crippen molar-refractivity contribution in [3.8, 4) is 5.69 Å². The molecule has 0 unspecified atom stereocenters. The van der Waals surface area contributed by atoms with Crippen LogP contribution in [0.4, 0.5) is 22.7 Å². The molecule has 1 N–H and O–H groups in total. The van der Waals surface area contributed by atoms with Gasteiger partial charge in [-0.3, -0.25) is 4.79 Å². The summed E-state index contributed by atoms with van der Waals surface area (Å²) in [6.07, 6.45) is 1.81. The Morgan fingerprint density at radius 2 is 1.51 bits per heavy atom. The smallest absolute Gasteiger partial charge is 0.239 e. The molecule has 0 aliphatic heterocycles. The van der Waals surface area contributed by atoms with E-state index in [9.17, 15) is 4.79 Å². The lowest BCUT2D eigenvalue weighted by molar-refractivity contribution is -0.538. The van der Waals surface area contributed by atoms with Crippen LogP contribution in [0.5, 0.6) is 0 Å². The number of benzene rings is 4. The number of nitrogens with one attached hydrogen (secondary N) is 1. The lowest BCUT2D eigenvalue weighted by Crippen LogP contribution is -2.33. The van der Waals surface area contributed by atoms with Crippen molar-refractivity contribution in [2.75, 3.05) is 49.6 Å². The number of rotatable bonds is 15. The van der Waals surface area contributed by atoms with Crippen LogP contribution in [0, 0.1) is 0 Å². The first-order valence-electron chi connectivity index (χ1n) is 16.1. The van der Waals surface area contributed by atoms with E-state index in [0.29, 0.717) is 25.9 Å². The molecule has 1 heterocycles. The van der Waals surface area contributed by atoms with Gasteiger partial charge in [0.25, 0.3) is 0 Å². The van der Waals surface area contributed by atoms with Crippen LogP contribution in [0.2, 0.25) is 0 Å². The van der Waals surface area contributed by atoms with Gasteiger partial charge in [-0.2, -0.15) is 10.2 Å². The number of anilines is 2. The van der Waals surface area contributed by atoms with Crippen LogP contribution in [0.1, 0.15) is 33.1 Å². The van der Waals surface area contributed by atoms with Gasteiger partial charge in [-0.25, -0.2) is 4.98 Å². The minimum Gasteiger partial charge on any atom is -0.375 e. The molecule has 0 aliphatic rings. The number of hydrogen-bond donors (Lipinski definition) is 1. The van der Waals surface area contributed by atoms with Gasteiger partial charge in [0.1, 0.15) is 11.0 Å². The molecule has 47 heavy (non-hydrogen) atoms. The summed E-state index contributed by atoms with van der Waals surface area (Å²) in [4.78, 5) is 24.2. The predicted molar refractivity (Wildman–Crippen MR) is 189 cm³/mol. The first-order valence-corrected chi connectivity index (χ1v) is 16.1. The minimum absolute atomic E-state index is 0.00595. The van der Waals surface area contributed by atoms with Crippen molar-refractivity contribution in [1.82, 2.24) is 10.3 Å². The summed E-state index contributed by atoms with van der Waals surface area (Å²) in [5, 5.41) is 15.5. The number of azo groups is 1. The molecule has 5 rings (SSSR count). The molecule has 5 aromatic rings. The first-order chi connectivity index (χ1) is 23.0. The molecular weight excluding hydrogens is 588 g/mol. The topological polar surface area (TPSA) is 126 Å². The van der Waals surface area contributed by atoms with Gasteiger partial charge in [-0.1, -0.05) is 23.3 Å². The Kier molecular flexibility index (Phi) is 11.3. The minimum atomic E-state index is 0.00595. The van der Waals surface area contributed by atoms with Gasteiger partial charge in [0.2, 0.25) is 22.6 Å². The molecule has 1 amide bonds. The number of azide groups is 1. The summed E-state index contributed by atoms with van der Waals surface area (Å²) in [6.45, 7) is 7.84. The Hall–Kier alpha value is -5.54. The maximum absolute atomic E-state index is 12.0. The fourth-order valence-electron chi connectivity index (χ4n) is 5.54. The van der Waals surface area contributed by atoms with E-state index in [1.807, 2.05) is 55.6 Å². The number of carbonyl (C=O) groups is 1. The second-order valence-corrected chi connectivity index (χ2v) is 11.2. The fourth-order valence-corrected chi connectivity index (χ4v) is 5.54. The normalized spacial score (nSPS) is 11.1. The van der Waals surface area contributed by atoms with Crippen LogP contribution in [0.25, 0.3) is 38.2 Å². The summed E-state index contributed by atoms with van der Waals surface area (Å²) in [5.74, 6) is 0.00595. The molecule has 11 nitrogen and oxygen atoms in total. The van der Waals surface area contributed by atoms with Gasteiger partial charge in [0.05, 0.1) is 11.4 Å². The van der Waals surface area contributed by atoms with Crippen molar-refractivity contribution in [3.63, 3.8) is 0 Å². The number of hydrogen-bond acceptors (Lipinski definition) is 7. The summed E-state index contributed by atoms with van der Waals surface area (Å²) < 4.78 is 2.25. The zero-order valence-corrected chi connectivity index (χ0v) is 27.3. The average Bonchev–Trinajstić information content (AvgIpc) is 3.10. The van der Waals surface area contributed by atoms with E-state index in [0.717, 1.165) is 70.9 Å². The third-order valence-corrected chi connectivity index (χ3v) is 8.07. The standard InChI is InChI=1S/C36H40N10O/c1-4-45(5-2)31-19-21-33-35(26-31)46(30-11-7-6-8-12-30)34-25-28(16-20-32(34)40-33)42-41-27-14-17-29(18-15-27)44(3)24-9-13-36(47)38-22-10-23-39-43-37/h6-8,11-12,14-21,25-26H,4-5,9-10,13,22-24H2,1-3H3/p+1. The van der Waals surface area contributed by atoms with Crippen molar-refractivity contribution in [2.45, 2.75) is 33.1 Å². The molecule has 0 bridgehead atoms. The summed E-state index contributed by atoms with van der Waals surface area (Å²) in [5.41, 5.74) is 16.8. The molecule has 0 saturated carbocycles. The monoisotopic (exact) mass is 629 g/mol. The molecule has 4 aromatic carbocycles. The number of aromatic nitrogens is 2.